The normalized spacial score (nSPS) is 11.4. The quantitative estimate of drug-likeness (QED) is 0.227. The van der Waals surface area contributed by atoms with Gasteiger partial charge in [0.15, 0.2) is 5.96 Å². The van der Waals surface area contributed by atoms with E-state index in [1.807, 2.05) is 47.6 Å². The topological polar surface area (TPSA) is 74.8 Å². The van der Waals surface area contributed by atoms with E-state index in [9.17, 15) is 4.79 Å². The minimum Gasteiger partial charge on any atom is -0.494 e. The zero-order chi connectivity index (χ0) is 19.6. The van der Waals surface area contributed by atoms with Gasteiger partial charge in [-0.2, -0.15) is 0 Å². The Bertz CT molecular complexity index is 612. The highest BCUT2D eigenvalue weighted by Gasteiger charge is 2.20. The van der Waals surface area contributed by atoms with E-state index in [4.69, 9.17) is 4.74 Å². The molecule has 1 rings (SSSR count). The number of amides is 1. The first kappa shape index (κ1) is 25.5. The largest absolute Gasteiger partial charge is 0.494 e. The van der Waals surface area contributed by atoms with Gasteiger partial charge in [-0.1, -0.05) is 32.9 Å². The molecule has 0 bridgehead atoms. The molecular weight excluding hydrogens is 455 g/mol. The van der Waals surface area contributed by atoms with Crippen molar-refractivity contribution in [3.05, 3.63) is 29.3 Å². The Balaban J connectivity index is 0.00000676. The van der Waals surface area contributed by atoms with E-state index in [1.54, 1.807) is 0 Å². The standard InChI is InChI=1S/C20H34N4O2.HI/c1-7-21-19(23-12-11-22-18(25)20(4,5)6)24-14-16-10-9-15(3)13-17(16)26-8-2;/h9-10,13H,7-8,11-12,14H2,1-6H3,(H,22,25)(H2,21,23,24);1H. The molecule has 0 aromatic heterocycles. The van der Waals surface area contributed by atoms with Crippen molar-refractivity contribution in [1.82, 2.24) is 16.0 Å². The maximum Gasteiger partial charge on any atom is 0.225 e. The third-order valence-corrected chi connectivity index (χ3v) is 3.66. The van der Waals surface area contributed by atoms with Crippen molar-refractivity contribution in [2.75, 3.05) is 26.2 Å². The molecule has 0 saturated carbocycles. The molecule has 154 valence electrons. The number of nitrogens with one attached hydrogen (secondary N) is 3. The van der Waals surface area contributed by atoms with Crippen LogP contribution in [0.4, 0.5) is 0 Å². The molecule has 1 aromatic rings. The summed E-state index contributed by atoms with van der Waals surface area (Å²) in [6.45, 7) is 14.8. The molecule has 0 unspecified atom stereocenters. The SMILES string of the molecule is CCNC(=NCc1ccc(C)cc1OCC)NCCNC(=O)C(C)(C)C.I. The summed E-state index contributed by atoms with van der Waals surface area (Å²) in [7, 11) is 0. The molecule has 1 aromatic carbocycles. The molecular formula is C20H35IN4O2. The van der Waals surface area contributed by atoms with Gasteiger partial charge in [0.25, 0.3) is 0 Å². The Morgan fingerprint density at radius 1 is 1.11 bits per heavy atom. The number of aryl methyl sites for hydroxylation is 1. The number of aliphatic imine (C=N–C) groups is 1. The minimum absolute atomic E-state index is 0. The molecule has 0 aliphatic heterocycles. The Labute approximate surface area is 181 Å². The molecule has 7 heteroatoms. The number of ether oxygens (including phenoxy) is 1. The number of guanidine groups is 1. The Morgan fingerprint density at radius 2 is 1.78 bits per heavy atom. The average molecular weight is 490 g/mol. The van der Waals surface area contributed by atoms with Crippen molar-refractivity contribution in [2.45, 2.75) is 48.1 Å². The second-order valence-corrected chi connectivity index (χ2v) is 7.17. The van der Waals surface area contributed by atoms with Crippen LogP contribution in [-0.4, -0.2) is 38.1 Å². The van der Waals surface area contributed by atoms with Gasteiger partial charge in [0.2, 0.25) is 5.91 Å². The van der Waals surface area contributed by atoms with Crippen LogP contribution in [0.1, 0.15) is 45.7 Å². The zero-order valence-electron chi connectivity index (χ0n) is 17.4. The third-order valence-electron chi connectivity index (χ3n) is 3.66. The van der Waals surface area contributed by atoms with Crippen molar-refractivity contribution in [3.8, 4) is 5.75 Å². The molecule has 0 spiro atoms. The monoisotopic (exact) mass is 490 g/mol. The maximum absolute atomic E-state index is 11.9. The molecule has 0 atom stereocenters. The molecule has 6 nitrogen and oxygen atoms in total. The molecule has 0 saturated heterocycles. The van der Waals surface area contributed by atoms with Crippen LogP contribution in [0.2, 0.25) is 0 Å². The van der Waals surface area contributed by atoms with Crippen molar-refractivity contribution in [2.24, 2.45) is 10.4 Å². The summed E-state index contributed by atoms with van der Waals surface area (Å²) in [5.41, 5.74) is 1.84. The highest BCUT2D eigenvalue weighted by atomic mass is 127. The van der Waals surface area contributed by atoms with Gasteiger partial charge in [0.1, 0.15) is 5.75 Å². The Kier molecular flexibility index (Phi) is 12.1. The number of hydrogen-bond acceptors (Lipinski definition) is 3. The Morgan fingerprint density at radius 3 is 2.37 bits per heavy atom. The maximum atomic E-state index is 11.9. The van der Waals surface area contributed by atoms with Crippen molar-refractivity contribution in [1.29, 1.82) is 0 Å². The van der Waals surface area contributed by atoms with Gasteiger partial charge in [0.05, 0.1) is 13.2 Å². The van der Waals surface area contributed by atoms with Crippen LogP contribution in [0.3, 0.4) is 0 Å². The molecule has 3 N–H and O–H groups in total. The highest BCUT2D eigenvalue weighted by Crippen LogP contribution is 2.21. The van der Waals surface area contributed by atoms with E-state index < -0.39 is 0 Å². The summed E-state index contributed by atoms with van der Waals surface area (Å²) >= 11 is 0. The fraction of sp³-hybridized carbons (Fsp3) is 0.600. The summed E-state index contributed by atoms with van der Waals surface area (Å²) in [6, 6.07) is 6.16. The van der Waals surface area contributed by atoms with Gasteiger partial charge >= 0.3 is 0 Å². The summed E-state index contributed by atoms with van der Waals surface area (Å²) < 4.78 is 5.71. The summed E-state index contributed by atoms with van der Waals surface area (Å²) in [5.74, 6) is 1.65. The minimum atomic E-state index is -0.375. The molecule has 0 aliphatic rings. The predicted octanol–water partition coefficient (Wildman–Crippen LogP) is 3.23. The number of halogens is 1. The zero-order valence-corrected chi connectivity index (χ0v) is 19.8. The molecule has 0 aliphatic carbocycles. The molecule has 0 fully saturated rings. The van der Waals surface area contributed by atoms with Gasteiger partial charge in [0, 0.05) is 30.6 Å². The number of carbonyl (C=O) groups excluding carboxylic acids is 1. The number of carbonyl (C=O) groups is 1. The molecule has 1 amide bonds. The molecule has 27 heavy (non-hydrogen) atoms. The lowest BCUT2D eigenvalue weighted by molar-refractivity contribution is -0.128. The van der Waals surface area contributed by atoms with Crippen LogP contribution in [0.25, 0.3) is 0 Å². The number of rotatable bonds is 8. The number of benzene rings is 1. The van der Waals surface area contributed by atoms with Crippen molar-refractivity contribution in [3.63, 3.8) is 0 Å². The second-order valence-electron chi connectivity index (χ2n) is 7.17. The van der Waals surface area contributed by atoms with Crippen LogP contribution in [0.5, 0.6) is 5.75 Å². The molecule has 0 radical (unpaired) electrons. The fourth-order valence-corrected chi connectivity index (χ4v) is 2.21. The highest BCUT2D eigenvalue weighted by molar-refractivity contribution is 14.0. The Hall–Kier alpha value is -1.51. The van der Waals surface area contributed by atoms with E-state index in [0.717, 1.165) is 23.8 Å². The average Bonchev–Trinajstić information content (AvgIpc) is 2.56. The van der Waals surface area contributed by atoms with E-state index in [0.29, 0.717) is 26.2 Å². The van der Waals surface area contributed by atoms with E-state index in [-0.39, 0.29) is 35.3 Å². The van der Waals surface area contributed by atoms with Gasteiger partial charge in [-0.25, -0.2) is 4.99 Å². The van der Waals surface area contributed by atoms with Gasteiger partial charge in [-0.05, 0) is 32.4 Å². The van der Waals surface area contributed by atoms with Crippen LogP contribution < -0.4 is 20.7 Å². The summed E-state index contributed by atoms with van der Waals surface area (Å²) in [6.07, 6.45) is 0. The lowest BCUT2D eigenvalue weighted by atomic mass is 9.96. The van der Waals surface area contributed by atoms with Gasteiger partial charge in [-0.3, -0.25) is 4.79 Å². The van der Waals surface area contributed by atoms with Crippen LogP contribution in [-0.2, 0) is 11.3 Å². The first-order chi connectivity index (χ1) is 12.3. The van der Waals surface area contributed by atoms with Crippen LogP contribution >= 0.6 is 24.0 Å². The molecule has 0 heterocycles. The lowest BCUT2D eigenvalue weighted by Crippen LogP contribution is -2.43. The van der Waals surface area contributed by atoms with Crippen molar-refractivity contribution < 1.29 is 9.53 Å². The van der Waals surface area contributed by atoms with Gasteiger partial charge in [-0.15, -0.1) is 24.0 Å². The van der Waals surface area contributed by atoms with E-state index in [2.05, 4.69) is 33.1 Å². The van der Waals surface area contributed by atoms with Crippen LogP contribution in [0, 0.1) is 12.3 Å². The van der Waals surface area contributed by atoms with Crippen molar-refractivity contribution >= 4 is 35.8 Å². The number of nitrogens with zero attached hydrogens (tertiary/aromatic N) is 1. The summed E-state index contributed by atoms with van der Waals surface area (Å²) in [4.78, 5) is 16.5. The first-order valence-electron chi connectivity index (χ1n) is 9.30. The fourth-order valence-electron chi connectivity index (χ4n) is 2.21. The van der Waals surface area contributed by atoms with E-state index in [1.165, 1.54) is 5.56 Å². The number of hydrogen-bond donors (Lipinski definition) is 3. The third kappa shape index (κ3) is 9.83. The lowest BCUT2D eigenvalue weighted by Gasteiger charge is -2.18. The predicted molar refractivity (Wildman–Crippen MR) is 123 cm³/mol. The van der Waals surface area contributed by atoms with Gasteiger partial charge < -0.3 is 20.7 Å². The van der Waals surface area contributed by atoms with E-state index >= 15 is 0 Å². The second kappa shape index (κ2) is 12.8. The summed E-state index contributed by atoms with van der Waals surface area (Å²) in [5, 5.41) is 9.39. The smallest absolute Gasteiger partial charge is 0.225 e. The first-order valence-corrected chi connectivity index (χ1v) is 9.30. The van der Waals surface area contributed by atoms with Crippen LogP contribution in [0.15, 0.2) is 23.2 Å².